The van der Waals surface area contributed by atoms with E-state index in [9.17, 15) is 9.59 Å². The summed E-state index contributed by atoms with van der Waals surface area (Å²) in [5, 5.41) is 3.95. The molecular formula is C27H35ClN2O3. The van der Waals surface area contributed by atoms with Gasteiger partial charge in [0.15, 0.2) is 0 Å². The van der Waals surface area contributed by atoms with Crippen molar-refractivity contribution in [1.82, 2.24) is 10.2 Å². The van der Waals surface area contributed by atoms with Crippen molar-refractivity contribution in [3.05, 3.63) is 69.7 Å². The van der Waals surface area contributed by atoms with Crippen molar-refractivity contribution >= 4 is 23.5 Å². The van der Waals surface area contributed by atoms with Gasteiger partial charge in [-0.15, -0.1) is 0 Å². The summed E-state index contributed by atoms with van der Waals surface area (Å²) >= 11 is 5.96. The Balaban J connectivity index is 1.60. The monoisotopic (exact) mass is 470 g/mol. The van der Waals surface area contributed by atoms with Gasteiger partial charge in [-0.05, 0) is 92.4 Å². The van der Waals surface area contributed by atoms with Gasteiger partial charge in [-0.2, -0.15) is 0 Å². The first-order valence-electron chi connectivity index (χ1n) is 11.8. The van der Waals surface area contributed by atoms with E-state index in [1.54, 1.807) is 24.3 Å². The van der Waals surface area contributed by atoms with Gasteiger partial charge >= 0.3 is 5.97 Å². The average molecular weight is 471 g/mol. The summed E-state index contributed by atoms with van der Waals surface area (Å²) < 4.78 is 5.05. The molecule has 2 aromatic rings. The molecule has 0 bridgehead atoms. The highest BCUT2D eigenvalue weighted by Gasteiger charge is 2.28. The predicted octanol–water partition coefficient (Wildman–Crippen LogP) is 5.35. The number of halogens is 1. The van der Waals surface area contributed by atoms with Gasteiger partial charge in [0, 0.05) is 37.1 Å². The molecule has 3 rings (SSSR count). The highest BCUT2D eigenvalue weighted by atomic mass is 35.5. The second-order valence-electron chi connectivity index (χ2n) is 8.94. The summed E-state index contributed by atoms with van der Waals surface area (Å²) in [6.07, 6.45) is 5.88. The molecule has 1 N–H and O–H groups in total. The van der Waals surface area contributed by atoms with E-state index in [0.29, 0.717) is 23.1 Å². The molecule has 1 saturated carbocycles. The van der Waals surface area contributed by atoms with E-state index in [4.69, 9.17) is 16.3 Å². The number of hydrogen-bond acceptors (Lipinski definition) is 4. The number of ether oxygens (including phenoxy) is 1. The number of nitrogens with one attached hydrogen (secondary N) is 1. The zero-order chi connectivity index (χ0) is 23.8. The van der Waals surface area contributed by atoms with Gasteiger partial charge < -0.3 is 15.0 Å². The van der Waals surface area contributed by atoms with Crippen molar-refractivity contribution in [2.45, 2.75) is 64.0 Å². The minimum absolute atomic E-state index is 0.0593. The molecule has 6 heteroatoms. The van der Waals surface area contributed by atoms with Crippen molar-refractivity contribution in [3.8, 4) is 0 Å². The van der Waals surface area contributed by atoms with Crippen molar-refractivity contribution in [2.24, 2.45) is 0 Å². The lowest BCUT2D eigenvalue weighted by Gasteiger charge is -2.35. The smallest absolute Gasteiger partial charge is 0.302 e. The van der Waals surface area contributed by atoms with Gasteiger partial charge in [0.1, 0.15) is 0 Å². The van der Waals surface area contributed by atoms with Crippen molar-refractivity contribution in [2.75, 3.05) is 20.7 Å². The maximum Gasteiger partial charge on any atom is 0.302 e. The molecule has 1 fully saturated rings. The number of benzene rings is 2. The maximum absolute atomic E-state index is 12.9. The first kappa shape index (κ1) is 25.3. The molecule has 0 atom stereocenters. The molecular weight excluding hydrogens is 436 g/mol. The van der Waals surface area contributed by atoms with E-state index < -0.39 is 0 Å². The molecule has 33 heavy (non-hydrogen) atoms. The summed E-state index contributed by atoms with van der Waals surface area (Å²) in [6.45, 7) is 2.74. The molecule has 1 amide bonds. The second-order valence-corrected chi connectivity index (χ2v) is 9.37. The lowest BCUT2D eigenvalue weighted by atomic mass is 9.79. The summed E-state index contributed by atoms with van der Waals surface area (Å²) in [5.74, 6) is 0.347. The fourth-order valence-electron chi connectivity index (χ4n) is 4.78. The first-order chi connectivity index (χ1) is 15.9. The Morgan fingerprint density at radius 3 is 2.42 bits per heavy atom. The number of carbonyl (C=O) groups is 2. The van der Waals surface area contributed by atoms with Gasteiger partial charge in [-0.25, -0.2) is 0 Å². The van der Waals surface area contributed by atoms with Crippen molar-refractivity contribution in [3.63, 3.8) is 0 Å². The Morgan fingerprint density at radius 2 is 1.79 bits per heavy atom. The number of aryl methyl sites for hydroxylation is 1. The predicted molar refractivity (Wildman–Crippen MR) is 133 cm³/mol. The Hall–Kier alpha value is -2.37. The molecule has 0 radical (unpaired) electrons. The largest absolute Gasteiger partial charge is 0.466 e. The number of carbonyl (C=O) groups excluding carboxylic acids is 2. The summed E-state index contributed by atoms with van der Waals surface area (Å²) in [4.78, 5) is 25.7. The summed E-state index contributed by atoms with van der Waals surface area (Å²) in [6, 6.07) is 14.2. The van der Waals surface area contributed by atoms with Gasteiger partial charge in [-0.1, -0.05) is 29.8 Å². The minimum atomic E-state index is -0.225. The number of rotatable bonds is 9. The first-order valence-corrected chi connectivity index (χ1v) is 12.2. The molecule has 1 aliphatic rings. The molecule has 0 unspecified atom stereocenters. The molecule has 178 valence electrons. The third kappa shape index (κ3) is 7.05. The normalized spacial score (nSPS) is 18.1. The van der Waals surface area contributed by atoms with E-state index in [2.05, 4.69) is 23.5 Å². The number of nitrogens with zero attached hydrogens (tertiary/aromatic N) is 1. The number of amides is 1. The summed E-state index contributed by atoms with van der Waals surface area (Å²) in [5.41, 5.74) is 4.72. The molecule has 1 aliphatic carbocycles. The Bertz CT molecular complexity index is 937. The number of hydrogen-bond donors (Lipinski definition) is 1. The average Bonchev–Trinajstić information content (AvgIpc) is 2.82. The van der Waals surface area contributed by atoms with Gasteiger partial charge in [0.25, 0.3) is 5.91 Å². The van der Waals surface area contributed by atoms with Crippen LogP contribution >= 0.6 is 11.6 Å². The topological polar surface area (TPSA) is 58.6 Å². The zero-order valence-corrected chi connectivity index (χ0v) is 20.7. The quantitative estimate of drug-likeness (QED) is 0.396. The van der Waals surface area contributed by atoms with Crippen molar-refractivity contribution < 1.29 is 14.3 Å². The molecule has 0 heterocycles. The molecule has 0 aromatic heterocycles. The fourth-order valence-corrected chi connectivity index (χ4v) is 4.91. The van der Waals surface area contributed by atoms with Gasteiger partial charge in [0.05, 0.1) is 6.61 Å². The maximum atomic E-state index is 12.9. The lowest BCUT2D eigenvalue weighted by molar-refractivity contribution is -0.141. The van der Waals surface area contributed by atoms with Crippen LogP contribution in [0.4, 0.5) is 0 Å². The SMILES string of the molecule is CNCc1cc(CCCOC(C)=O)ccc1C1CCC(N(C)C(=O)c2ccc(Cl)cc2)CC1. The van der Waals surface area contributed by atoms with Crippen LogP contribution in [0.1, 0.15) is 72.0 Å². The second kappa shape index (κ2) is 12.2. The van der Waals surface area contributed by atoms with E-state index in [1.165, 1.54) is 23.6 Å². The Morgan fingerprint density at radius 1 is 1.09 bits per heavy atom. The standard InChI is InChI=1S/C27H35ClN2O3/c1-19(31)33-16-4-5-20-6-15-26(23(17-20)18-29-2)21-9-13-25(14-10-21)30(3)27(32)22-7-11-24(28)12-8-22/h6-8,11-12,15,17,21,25,29H,4-5,9-10,13-14,16,18H2,1-3H3. The van der Waals surface area contributed by atoms with E-state index in [0.717, 1.165) is 45.1 Å². The van der Waals surface area contributed by atoms with Gasteiger partial charge in [0.2, 0.25) is 0 Å². The van der Waals surface area contributed by atoms with Crippen LogP contribution in [0.5, 0.6) is 0 Å². The van der Waals surface area contributed by atoms with Crippen LogP contribution < -0.4 is 5.32 Å². The minimum Gasteiger partial charge on any atom is -0.466 e. The van der Waals surface area contributed by atoms with Crippen LogP contribution in [0.15, 0.2) is 42.5 Å². The third-order valence-corrected chi connectivity index (χ3v) is 6.84. The van der Waals surface area contributed by atoms with Crippen LogP contribution in [0.25, 0.3) is 0 Å². The molecule has 5 nitrogen and oxygen atoms in total. The van der Waals surface area contributed by atoms with Crippen LogP contribution in [0, 0.1) is 0 Å². The third-order valence-electron chi connectivity index (χ3n) is 6.59. The van der Waals surface area contributed by atoms with Crippen LogP contribution in [-0.2, 0) is 22.5 Å². The highest BCUT2D eigenvalue weighted by molar-refractivity contribution is 6.30. The van der Waals surface area contributed by atoms with Crippen molar-refractivity contribution in [1.29, 1.82) is 0 Å². The Kier molecular flexibility index (Phi) is 9.33. The van der Waals surface area contributed by atoms with Crippen LogP contribution in [0.2, 0.25) is 5.02 Å². The highest BCUT2D eigenvalue weighted by Crippen LogP contribution is 2.37. The molecule has 0 aliphatic heterocycles. The van der Waals surface area contributed by atoms with Crippen LogP contribution in [0.3, 0.4) is 0 Å². The van der Waals surface area contributed by atoms with Crippen LogP contribution in [-0.4, -0.2) is 43.5 Å². The lowest BCUT2D eigenvalue weighted by Crippen LogP contribution is -2.39. The van der Waals surface area contributed by atoms with E-state index in [1.807, 2.05) is 19.0 Å². The van der Waals surface area contributed by atoms with E-state index >= 15 is 0 Å². The number of esters is 1. The fraction of sp³-hybridized carbons (Fsp3) is 0.481. The zero-order valence-electron chi connectivity index (χ0n) is 19.9. The summed E-state index contributed by atoms with van der Waals surface area (Å²) in [7, 11) is 3.89. The molecule has 0 spiro atoms. The van der Waals surface area contributed by atoms with E-state index in [-0.39, 0.29) is 17.9 Å². The molecule has 0 saturated heterocycles. The Labute approximate surface area is 202 Å². The van der Waals surface area contributed by atoms with Gasteiger partial charge in [-0.3, -0.25) is 9.59 Å². The molecule has 2 aromatic carbocycles.